The molecule has 182 valence electrons. The second-order valence-electron chi connectivity index (χ2n) is 8.10. The first kappa shape index (κ1) is 24.7. The van der Waals surface area contributed by atoms with E-state index >= 15 is 0 Å². The van der Waals surface area contributed by atoms with Crippen molar-refractivity contribution < 1.29 is 19.4 Å². The largest absolute Gasteiger partial charge is 0.495 e. The summed E-state index contributed by atoms with van der Waals surface area (Å²) in [6, 6.07) is 10.8. The number of fused-ring (bicyclic) bond motifs is 1. The van der Waals surface area contributed by atoms with Gasteiger partial charge in [-0.2, -0.15) is 5.26 Å². The number of aromatic nitrogens is 3. The van der Waals surface area contributed by atoms with Crippen LogP contribution in [-0.2, 0) is 11.2 Å². The number of hydrogen-bond donors (Lipinski definition) is 1. The molecule has 1 N–H and O–H groups in total. The first-order chi connectivity index (χ1) is 17.2. The van der Waals surface area contributed by atoms with Gasteiger partial charge in [-0.05, 0) is 42.3 Å². The summed E-state index contributed by atoms with van der Waals surface area (Å²) < 4.78 is 8.41. The summed E-state index contributed by atoms with van der Waals surface area (Å²) >= 11 is 6.12. The number of benzene rings is 1. The number of Topliss-reactive ketones (excluding diaryl/α,β-unsaturated/α-hetero) is 1. The maximum Gasteiger partial charge on any atom is 0.356 e. The van der Waals surface area contributed by atoms with Gasteiger partial charge in [0, 0.05) is 41.0 Å². The Morgan fingerprint density at radius 2 is 1.97 bits per heavy atom. The van der Waals surface area contributed by atoms with Gasteiger partial charge in [0.05, 0.1) is 31.0 Å². The molecule has 3 heterocycles. The lowest BCUT2D eigenvalue weighted by Crippen LogP contribution is -2.30. The van der Waals surface area contributed by atoms with Gasteiger partial charge in [0.2, 0.25) is 0 Å². The second-order valence-corrected chi connectivity index (χ2v) is 8.54. The van der Waals surface area contributed by atoms with Gasteiger partial charge in [-0.3, -0.25) is 9.59 Å². The number of ketones is 1. The molecule has 0 bridgehead atoms. The molecule has 1 unspecified atom stereocenters. The average molecular weight is 505 g/mol. The zero-order chi connectivity index (χ0) is 26.0. The van der Waals surface area contributed by atoms with Crippen LogP contribution < -0.4 is 10.3 Å². The number of methoxy groups -OCH3 is 1. The third kappa shape index (κ3) is 4.72. The maximum atomic E-state index is 13.3. The number of carbonyl (C=O) groups excluding carboxylic acids is 1. The summed E-state index contributed by atoms with van der Waals surface area (Å²) in [6.07, 6.45) is 4.89. The van der Waals surface area contributed by atoms with E-state index in [1.54, 1.807) is 47.9 Å². The van der Waals surface area contributed by atoms with Crippen molar-refractivity contribution in [3.05, 3.63) is 87.2 Å². The molecule has 1 atom stereocenters. The SMILES string of the molecule is CCC(C(=O)Cc1ccn2cc(C(=O)O)nc2c1)n1cc(OC)c(-c2cc(Cl)ccc2C#N)cc1=O. The van der Waals surface area contributed by atoms with Crippen LogP contribution in [0, 0.1) is 11.3 Å². The molecule has 0 fully saturated rings. The minimum atomic E-state index is -1.14. The minimum Gasteiger partial charge on any atom is -0.495 e. The van der Waals surface area contributed by atoms with Crippen LogP contribution in [0.5, 0.6) is 5.75 Å². The quantitative estimate of drug-likeness (QED) is 0.381. The third-order valence-electron chi connectivity index (χ3n) is 5.87. The van der Waals surface area contributed by atoms with E-state index in [4.69, 9.17) is 21.4 Å². The topological polar surface area (TPSA) is 127 Å². The van der Waals surface area contributed by atoms with Gasteiger partial charge in [0.1, 0.15) is 11.4 Å². The zero-order valence-corrected chi connectivity index (χ0v) is 20.2. The van der Waals surface area contributed by atoms with Gasteiger partial charge in [-0.1, -0.05) is 18.5 Å². The van der Waals surface area contributed by atoms with Crippen molar-refractivity contribution in [1.29, 1.82) is 5.26 Å². The van der Waals surface area contributed by atoms with Crippen molar-refractivity contribution in [2.24, 2.45) is 0 Å². The summed E-state index contributed by atoms with van der Waals surface area (Å²) in [6.45, 7) is 1.80. The summed E-state index contributed by atoms with van der Waals surface area (Å²) in [5, 5.41) is 19.0. The number of imidazole rings is 1. The van der Waals surface area contributed by atoms with Gasteiger partial charge in [-0.15, -0.1) is 0 Å². The Morgan fingerprint density at radius 1 is 1.19 bits per heavy atom. The summed E-state index contributed by atoms with van der Waals surface area (Å²) in [5.41, 5.74) is 1.72. The smallest absolute Gasteiger partial charge is 0.356 e. The predicted octanol–water partition coefficient (Wildman–Crippen LogP) is 4.16. The van der Waals surface area contributed by atoms with Crippen molar-refractivity contribution in [3.8, 4) is 22.9 Å². The molecule has 0 aliphatic heterocycles. The number of nitriles is 1. The van der Waals surface area contributed by atoms with E-state index in [0.717, 1.165) is 0 Å². The molecule has 9 nitrogen and oxygen atoms in total. The highest BCUT2D eigenvalue weighted by Gasteiger charge is 2.23. The van der Waals surface area contributed by atoms with Crippen LogP contribution in [-0.4, -0.2) is 37.9 Å². The molecule has 1 aromatic carbocycles. The number of pyridine rings is 2. The monoisotopic (exact) mass is 504 g/mol. The molecule has 0 saturated heterocycles. The second kappa shape index (κ2) is 10.1. The average Bonchev–Trinajstić information content (AvgIpc) is 3.29. The minimum absolute atomic E-state index is 0.0215. The lowest BCUT2D eigenvalue weighted by Gasteiger charge is -2.20. The number of ether oxygens (including phenoxy) is 1. The van der Waals surface area contributed by atoms with Crippen LogP contribution in [0.1, 0.15) is 41.0 Å². The van der Waals surface area contributed by atoms with Crippen molar-refractivity contribution in [2.75, 3.05) is 7.11 Å². The highest BCUT2D eigenvalue weighted by Crippen LogP contribution is 2.33. The van der Waals surface area contributed by atoms with Crippen molar-refractivity contribution in [1.82, 2.24) is 14.0 Å². The molecular weight excluding hydrogens is 484 g/mol. The number of aromatic carboxylic acids is 1. The Labute approximate surface area is 210 Å². The number of rotatable bonds is 8. The fourth-order valence-electron chi connectivity index (χ4n) is 4.12. The van der Waals surface area contributed by atoms with Crippen LogP contribution in [0.15, 0.2) is 59.8 Å². The van der Waals surface area contributed by atoms with E-state index in [1.165, 1.54) is 30.1 Å². The van der Waals surface area contributed by atoms with Crippen LogP contribution in [0.2, 0.25) is 5.02 Å². The van der Waals surface area contributed by atoms with Crippen molar-refractivity contribution in [3.63, 3.8) is 0 Å². The first-order valence-electron chi connectivity index (χ1n) is 11.0. The normalized spacial score (nSPS) is 11.7. The Kier molecular flexibility index (Phi) is 6.90. The molecule has 10 heteroatoms. The lowest BCUT2D eigenvalue weighted by molar-refractivity contribution is -0.121. The molecule has 0 saturated carbocycles. The van der Waals surface area contributed by atoms with E-state index in [1.807, 2.05) is 0 Å². The third-order valence-corrected chi connectivity index (χ3v) is 6.11. The molecular formula is C26H21ClN4O5. The number of carbonyl (C=O) groups is 2. The van der Waals surface area contributed by atoms with Crippen LogP contribution in [0.3, 0.4) is 0 Å². The standard InChI is InChI=1S/C26H21ClN4O5/c1-3-21(22(32)8-15-6-7-30-13-20(26(34)35)29-24(30)9-15)31-14-23(36-2)19(11-25(31)33)18-10-17(27)5-4-16(18)12-28/h4-7,9-11,13-14,21H,3,8H2,1-2H3,(H,34,35). The Balaban J connectivity index is 1.68. The fraction of sp³-hybridized carbons (Fsp3) is 0.192. The molecule has 36 heavy (non-hydrogen) atoms. The van der Waals surface area contributed by atoms with E-state index in [0.29, 0.717) is 45.1 Å². The molecule has 0 amide bonds. The van der Waals surface area contributed by atoms with E-state index in [2.05, 4.69) is 11.1 Å². The van der Waals surface area contributed by atoms with Gasteiger partial charge in [0.25, 0.3) is 5.56 Å². The molecule has 0 aliphatic carbocycles. The molecule has 0 spiro atoms. The summed E-state index contributed by atoms with van der Waals surface area (Å²) in [4.78, 5) is 41.6. The van der Waals surface area contributed by atoms with E-state index < -0.39 is 17.6 Å². The molecule has 4 aromatic rings. The van der Waals surface area contributed by atoms with Crippen LogP contribution in [0.25, 0.3) is 16.8 Å². The van der Waals surface area contributed by atoms with Gasteiger partial charge in [0.15, 0.2) is 11.5 Å². The van der Waals surface area contributed by atoms with Gasteiger partial charge < -0.3 is 18.8 Å². The highest BCUT2D eigenvalue weighted by atomic mass is 35.5. The van der Waals surface area contributed by atoms with Gasteiger partial charge >= 0.3 is 5.97 Å². The highest BCUT2D eigenvalue weighted by molar-refractivity contribution is 6.31. The van der Waals surface area contributed by atoms with Crippen LogP contribution in [0.4, 0.5) is 0 Å². The Morgan fingerprint density at radius 3 is 2.64 bits per heavy atom. The summed E-state index contributed by atoms with van der Waals surface area (Å²) in [5.74, 6) is -1.03. The number of hydrogen-bond acceptors (Lipinski definition) is 6. The Hall–Kier alpha value is -4.42. The number of nitrogens with zero attached hydrogens (tertiary/aromatic N) is 4. The molecule has 4 rings (SSSR count). The van der Waals surface area contributed by atoms with Crippen molar-refractivity contribution in [2.45, 2.75) is 25.8 Å². The number of carboxylic acid groups (broad SMARTS) is 1. The maximum absolute atomic E-state index is 13.3. The summed E-state index contributed by atoms with van der Waals surface area (Å²) in [7, 11) is 1.44. The van der Waals surface area contributed by atoms with Crippen LogP contribution >= 0.6 is 11.6 Å². The molecule has 0 radical (unpaired) electrons. The van der Waals surface area contributed by atoms with Gasteiger partial charge in [-0.25, -0.2) is 9.78 Å². The predicted molar refractivity (Wildman–Crippen MR) is 133 cm³/mol. The van der Waals surface area contributed by atoms with E-state index in [9.17, 15) is 19.6 Å². The Bertz CT molecular complexity index is 1600. The lowest BCUT2D eigenvalue weighted by atomic mass is 9.99. The fourth-order valence-corrected chi connectivity index (χ4v) is 4.29. The number of halogens is 1. The van der Waals surface area contributed by atoms with E-state index in [-0.39, 0.29) is 17.9 Å². The molecule has 0 aliphatic rings. The molecule has 3 aromatic heterocycles. The zero-order valence-electron chi connectivity index (χ0n) is 19.4. The number of carboxylic acids is 1. The first-order valence-corrected chi connectivity index (χ1v) is 11.4. The van der Waals surface area contributed by atoms with Crippen molar-refractivity contribution >= 4 is 29.0 Å².